The molecule has 6 nitrogen and oxygen atoms in total. The van der Waals surface area contributed by atoms with Crippen LogP contribution in [0.1, 0.15) is 373 Å². The molecule has 0 saturated carbocycles. The Morgan fingerprint density at radius 3 is 0.934 bits per heavy atom. The number of ether oxygens (including phenoxy) is 1. The van der Waals surface area contributed by atoms with E-state index < -0.39 is 12.1 Å². The van der Waals surface area contributed by atoms with Gasteiger partial charge in [0.2, 0.25) is 5.91 Å². The van der Waals surface area contributed by atoms with Crippen molar-refractivity contribution in [2.75, 3.05) is 13.2 Å². The van der Waals surface area contributed by atoms with E-state index >= 15 is 0 Å². The van der Waals surface area contributed by atoms with E-state index in [4.69, 9.17) is 4.74 Å². The van der Waals surface area contributed by atoms with Crippen LogP contribution in [0.4, 0.5) is 0 Å². The normalized spacial score (nSPS) is 12.7. The maximum Gasteiger partial charge on any atom is 0.305 e. The number of hydrogen-bond acceptors (Lipinski definition) is 5. The number of rotatable bonds is 64. The summed E-state index contributed by atoms with van der Waals surface area (Å²) < 4.78 is 5.48. The molecule has 0 radical (unpaired) electrons. The summed E-state index contributed by atoms with van der Waals surface area (Å²) in [5, 5.41) is 23.2. The molecular formula is C70H133NO5. The Kier molecular flexibility index (Phi) is 63.9. The van der Waals surface area contributed by atoms with Crippen molar-refractivity contribution in [1.82, 2.24) is 5.32 Å². The molecule has 3 N–H and O–H groups in total. The van der Waals surface area contributed by atoms with Gasteiger partial charge in [0.1, 0.15) is 0 Å². The molecular weight excluding hydrogens is 935 g/mol. The summed E-state index contributed by atoms with van der Waals surface area (Å²) in [5.41, 5.74) is 0. The number of carbonyl (C=O) groups is 2. The molecule has 0 aromatic carbocycles. The molecule has 1 amide bonds. The van der Waals surface area contributed by atoms with Gasteiger partial charge in [-0.25, -0.2) is 0 Å². The Labute approximate surface area is 474 Å². The number of aliphatic hydroxyl groups is 2. The fourth-order valence-electron chi connectivity index (χ4n) is 10.6. The number of allylic oxidation sites excluding steroid dienone is 5. The molecule has 0 aliphatic rings. The van der Waals surface area contributed by atoms with E-state index in [0.717, 1.165) is 44.9 Å². The number of esters is 1. The van der Waals surface area contributed by atoms with Crippen LogP contribution in [0.15, 0.2) is 36.5 Å². The number of nitrogens with one attached hydrogen (secondary N) is 1. The lowest BCUT2D eigenvalue weighted by molar-refractivity contribution is -0.143. The van der Waals surface area contributed by atoms with E-state index in [1.807, 2.05) is 6.08 Å². The first-order valence-electron chi connectivity index (χ1n) is 34.3. The molecule has 0 aliphatic carbocycles. The molecule has 76 heavy (non-hydrogen) atoms. The first-order chi connectivity index (χ1) is 37.5. The fourth-order valence-corrected chi connectivity index (χ4v) is 10.6. The first-order valence-corrected chi connectivity index (χ1v) is 34.3. The summed E-state index contributed by atoms with van der Waals surface area (Å²) >= 11 is 0. The van der Waals surface area contributed by atoms with E-state index in [9.17, 15) is 19.8 Å². The van der Waals surface area contributed by atoms with Gasteiger partial charge in [0.15, 0.2) is 0 Å². The summed E-state index contributed by atoms with van der Waals surface area (Å²) in [6.07, 6.45) is 83.5. The topological polar surface area (TPSA) is 95.9 Å². The molecule has 6 heteroatoms. The smallest absolute Gasteiger partial charge is 0.305 e. The number of carbonyl (C=O) groups excluding carboxylic acids is 2. The van der Waals surface area contributed by atoms with Gasteiger partial charge < -0.3 is 20.3 Å². The van der Waals surface area contributed by atoms with E-state index in [-0.39, 0.29) is 18.5 Å². The number of hydrogen-bond donors (Lipinski definition) is 3. The summed E-state index contributed by atoms with van der Waals surface area (Å²) in [6.45, 7) is 4.92. The third kappa shape index (κ3) is 61.3. The highest BCUT2D eigenvalue weighted by molar-refractivity contribution is 5.76. The SMILES string of the molecule is CCCCCCC/C=C\CCCCCCCC(=O)OCCCCCCCCCCCCCC/C=C\CCCCCCCCCCCCC(=O)NC(CO)C(O)/C=C/CCCCCCCCCCCCCCCCCCC. The van der Waals surface area contributed by atoms with Crippen LogP contribution in [-0.2, 0) is 14.3 Å². The summed E-state index contributed by atoms with van der Waals surface area (Å²) in [7, 11) is 0. The van der Waals surface area contributed by atoms with E-state index in [0.29, 0.717) is 19.4 Å². The summed E-state index contributed by atoms with van der Waals surface area (Å²) in [6, 6.07) is -0.630. The van der Waals surface area contributed by atoms with Crippen LogP contribution in [0.3, 0.4) is 0 Å². The Balaban J connectivity index is 3.42. The number of aliphatic hydroxyl groups excluding tert-OH is 2. The van der Waals surface area contributed by atoms with Crippen molar-refractivity contribution < 1.29 is 24.5 Å². The monoisotopic (exact) mass is 1070 g/mol. The molecule has 0 aromatic heterocycles. The second-order valence-corrected chi connectivity index (χ2v) is 23.5. The quantitative estimate of drug-likeness (QED) is 0.0320. The van der Waals surface area contributed by atoms with Crippen molar-refractivity contribution >= 4 is 11.9 Å². The lowest BCUT2D eigenvalue weighted by Crippen LogP contribution is -2.45. The van der Waals surface area contributed by atoms with Crippen LogP contribution < -0.4 is 5.32 Å². The Hall–Kier alpha value is -1.92. The molecule has 0 heterocycles. The van der Waals surface area contributed by atoms with Crippen molar-refractivity contribution in [2.45, 2.75) is 386 Å². The predicted molar refractivity (Wildman–Crippen MR) is 333 cm³/mol. The van der Waals surface area contributed by atoms with Crippen LogP contribution in [0, 0.1) is 0 Å². The minimum atomic E-state index is -0.847. The second-order valence-electron chi connectivity index (χ2n) is 23.5. The molecule has 2 unspecified atom stereocenters. The highest BCUT2D eigenvalue weighted by Gasteiger charge is 2.18. The van der Waals surface area contributed by atoms with E-state index in [1.54, 1.807) is 6.08 Å². The van der Waals surface area contributed by atoms with Gasteiger partial charge in [-0.3, -0.25) is 9.59 Å². The molecule has 0 bridgehead atoms. The third-order valence-corrected chi connectivity index (χ3v) is 15.9. The van der Waals surface area contributed by atoms with Gasteiger partial charge in [0.05, 0.1) is 25.4 Å². The predicted octanol–water partition coefficient (Wildman–Crippen LogP) is 21.9. The largest absolute Gasteiger partial charge is 0.466 e. The Morgan fingerprint density at radius 2 is 0.618 bits per heavy atom. The standard InChI is InChI=1S/C70H133NO5/c1-3-5-7-9-11-13-15-17-19-20-29-32-35-38-42-46-50-54-58-62-68(73)67(66-72)71-69(74)63-59-55-51-47-43-39-36-33-30-27-25-23-21-22-24-26-28-31-34-37-41-45-49-53-57-61-65-76-70(75)64-60-56-52-48-44-40-18-16-14-12-10-8-6-4-2/h16,18,21,23,58,62,67-68,72-73H,3-15,17,19-20,22,24-57,59-61,63-66H2,1-2H3,(H,71,74)/b18-16-,23-21-,62-58+. The minimum Gasteiger partial charge on any atom is -0.466 e. The molecule has 0 saturated heterocycles. The van der Waals surface area contributed by atoms with Crippen molar-refractivity contribution in [3.8, 4) is 0 Å². The van der Waals surface area contributed by atoms with Crippen LogP contribution in [0.5, 0.6) is 0 Å². The maximum atomic E-state index is 12.5. The van der Waals surface area contributed by atoms with Crippen LogP contribution in [0.2, 0.25) is 0 Å². The summed E-state index contributed by atoms with van der Waals surface area (Å²) in [5.74, 6) is -0.0613. The molecule has 0 aromatic rings. The van der Waals surface area contributed by atoms with Crippen molar-refractivity contribution in [1.29, 1.82) is 0 Å². The van der Waals surface area contributed by atoms with Crippen molar-refractivity contribution in [3.63, 3.8) is 0 Å². The highest BCUT2D eigenvalue weighted by Crippen LogP contribution is 2.18. The average Bonchev–Trinajstić information content (AvgIpc) is 3.42. The van der Waals surface area contributed by atoms with Gasteiger partial charge in [0, 0.05) is 12.8 Å². The van der Waals surface area contributed by atoms with Crippen molar-refractivity contribution in [3.05, 3.63) is 36.5 Å². The van der Waals surface area contributed by atoms with Gasteiger partial charge >= 0.3 is 5.97 Å². The van der Waals surface area contributed by atoms with Gasteiger partial charge in [-0.15, -0.1) is 0 Å². The van der Waals surface area contributed by atoms with E-state index in [2.05, 4.69) is 43.5 Å². The third-order valence-electron chi connectivity index (χ3n) is 15.9. The van der Waals surface area contributed by atoms with E-state index in [1.165, 1.54) is 302 Å². The van der Waals surface area contributed by atoms with Crippen molar-refractivity contribution in [2.24, 2.45) is 0 Å². The zero-order chi connectivity index (χ0) is 55.0. The summed E-state index contributed by atoms with van der Waals surface area (Å²) in [4.78, 5) is 24.6. The Morgan fingerprint density at radius 1 is 0.355 bits per heavy atom. The van der Waals surface area contributed by atoms with Gasteiger partial charge in [0.25, 0.3) is 0 Å². The number of amides is 1. The van der Waals surface area contributed by atoms with Crippen LogP contribution in [-0.4, -0.2) is 47.4 Å². The number of unbranched alkanes of at least 4 members (excludes halogenated alkanes) is 49. The molecule has 0 spiro atoms. The zero-order valence-corrected chi connectivity index (χ0v) is 51.3. The molecule has 0 aliphatic heterocycles. The van der Waals surface area contributed by atoms with Crippen LogP contribution >= 0.6 is 0 Å². The molecule has 448 valence electrons. The van der Waals surface area contributed by atoms with Crippen LogP contribution in [0.25, 0.3) is 0 Å². The first kappa shape index (κ1) is 74.1. The zero-order valence-electron chi connectivity index (χ0n) is 51.3. The lowest BCUT2D eigenvalue weighted by Gasteiger charge is -2.20. The fraction of sp³-hybridized carbons (Fsp3) is 0.886. The maximum absolute atomic E-state index is 12.5. The van der Waals surface area contributed by atoms with Gasteiger partial charge in [-0.05, 0) is 83.5 Å². The lowest BCUT2D eigenvalue weighted by atomic mass is 10.0. The molecule has 0 rings (SSSR count). The second kappa shape index (κ2) is 65.6. The minimum absolute atomic E-state index is 0.00566. The Bertz CT molecular complexity index is 1230. The molecule has 2 atom stereocenters. The van der Waals surface area contributed by atoms with Gasteiger partial charge in [-0.2, -0.15) is 0 Å². The van der Waals surface area contributed by atoms with Gasteiger partial charge in [-0.1, -0.05) is 314 Å². The molecule has 0 fully saturated rings. The highest BCUT2D eigenvalue weighted by atomic mass is 16.5. The average molecular weight is 1070 g/mol.